The van der Waals surface area contributed by atoms with Crippen molar-refractivity contribution in [2.45, 2.75) is 19.4 Å². The lowest BCUT2D eigenvalue weighted by Crippen LogP contribution is -2.41. The van der Waals surface area contributed by atoms with E-state index in [0.29, 0.717) is 19.6 Å². The van der Waals surface area contributed by atoms with E-state index in [9.17, 15) is 4.79 Å². The van der Waals surface area contributed by atoms with Crippen molar-refractivity contribution in [2.24, 2.45) is 0 Å². The molecule has 1 aliphatic rings. The van der Waals surface area contributed by atoms with Crippen molar-refractivity contribution in [1.82, 2.24) is 4.90 Å². The van der Waals surface area contributed by atoms with Crippen LogP contribution >= 0.6 is 0 Å². The van der Waals surface area contributed by atoms with Crippen LogP contribution in [0.15, 0.2) is 54.6 Å². The molecule has 0 bridgehead atoms. The van der Waals surface area contributed by atoms with Crippen LogP contribution in [-0.4, -0.2) is 43.2 Å². The minimum absolute atomic E-state index is 0.0213. The summed E-state index contributed by atoms with van der Waals surface area (Å²) in [6, 6.07) is 17.2. The van der Waals surface area contributed by atoms with Gasteiger partial charge in [0.05, 0.1) is 0 Å². The number of para-hydroxylation sites is 3. The van der Waals surface area contributed by atoms with Crippen LogP contribution in [0.3, 0.4) is 0 Å². The lowest BCUT2D eigenvalue weighted by atomic mass is 10.2. The molecule has 1 unspecified atom stereocenters. The largest absolute Gasteiger partial charge is 0.486 e. The molecule has 2 aromatic rings. The predicted molar refractivity (Wildman–Crippen MR) is 98.2 cm³/mol. The molecular formula is C20H24N2O3. The second-order valence-electron chi connectivity index (χ2n) is 6.06. The Morgan fingerprint density at radius 3 is 2.60 bits per heavy atom. The number of ether oxygens (including phenoxy) is 2. The SMILES string of the molecule is CCN(CCC(=O)Nc1ccccc1)CC1COc2ccccc2O1. The summed E-state index contributed by atoms with van der Waals surface area (Å²) in [7, 11) is 0. The number of benzene rings is 2. The summed E-state index contributed by atoms with van der Waals surface area (Å²) in [4.78, 5) is 14.3. The van der Waals surface area contributed by atoms with Gasteiger partial charge in [0.25, 0.3) is 0 Å². The molecule has 0 saturated carbocycles. The smallest absolute Gasteiger partial charge is 0.225 e. The normalized spacial score (nSPS) is 15.8. The summed E-state index contributed by atoms with van der Waals surface area (Å²) in [6.45, 7) is 4.91. The highest BCUT2D eigenvalue weighted by atomic mass is 16.6. The lowest BCUT2D eigenvalue weighted by Gasteiger charge is -2.30. The van der Waals surface area contributed by atoms with E-state index in [2.05, 4.69) is 17.1 Å². The van der Waals surface area contributed by atoms with Crippen molar-refractivity contribution in [3.05, 3.63) is 54.6 Å². The van der Waals surface area contributed by atoms with E-state index in [-0.39, 0.29) is 12.0 Å². The first-order valence-electron chi connectivity index (χ1n) is 8.70. The average Bonchev–Trinajstić information content (AvgIpc) is 2.65. The highest BCUT2D eigenvalue weighted by Crippen LogP contribution is 2.30. The van der Waals surface area contributed by atoms with Crippen LogP contribution in [0.1, 0.15) is 13.3 Å². The first-order chi connectivity index (χ1) is 12.2. The van der Waals surface area contributed by atoms with Crippen LogP contribution in [-0.2, 0) is 4.79 Å². The molecule has 1 aliphatic heterocycles. The number of nitrogens with zero attached hydrogens (tertiary/aromatic N) is 1. The molecular weight excluding hydrogens is 316 g/mol. The Kier molecular flexibility index (Phi) is 5.90. The predicted octanol–water partition coefficient (Wildman–Crippen LogP) is 3.18. The molecule has 0 saturated heterocycles. The number of carbonyl (C=O) groups is 1. The van der Waals surface area contributed by atoms with Gasteiger partial charge < -0.3 is 14.8 Å². The van der Waals surface area contributed by atoms with Crippen molar-refractivity contribution < 1.29 is 14.3 Å². The zero-order chi connectivity index (χ0) is 17.5. The van der Waals surface area contributed by atoms with Gasteiger partial charge >= 0.3 is 0 Å². The van der Waals surface area contributed by atoms with Crippen LogP contribution < -0.4 is 14.8 Å². The molecule has 0 aliphatic carbocycles. The molecule has 5 nitrogen and oxygen atoms in total. The molecule has 132 valence electrons. The summed E-state index contributed by atoms with van der Waals surface area (Å²) in [6.07, 6.45) is 0.430. The Morgan fingerprint density at radius 1 is 1.12 bits per heavy atom. The first kappa shape index (κ1) is 17.3. The fourth-order valence-corrected chi connectivity index (χ4v) is 2.82. The number of anilines is 1. The standard InChI is InChI=1S/C20H24N2O3/c1-2-22(13-12-20(23)21-16-8-4-3-5-9-16)14-17-15-24-18-10-6-7-11-19(18)25-17/h3-11,17H,2,12-15H2,1H3,(H,21,23). The van der Waals surface area contributed by atoms with E-state index >= 15 is 0 Å². The highest BCUT2D eigenvalue weighted by Gasteiger charge is 2.22. The zero-order valence-electron chi connectivity index (χ0n) is 14.5. The lowest BCUT2D eigenvalue weighted by molar-refractivity contribution is -0.116. The zero-order valence-corrected chi connectivity index (χ0v) is 14.5. The van der Waals surface area contributed by atoms with Crippen LogP contribution in [0.25, 0.3) is 0 Å². The Balaban J connectivity index is 1.46. The van der Waals surface area contributed by atoms with Crippen molar-refractivity contribution in [3.63, 3.8) is 0 Å². The molecule has 0 radical (unpaired) electrons. The first-order valence-corrected chi connectivity index (χ1v) is 8.70. The van der Waals surface area contributed by atoms with E-state index in [4.69, 9.17) is 9.47 Å². The Bertz CT molecular complexity index is 690. The molecule has 1 atom stereocenters. The van der Waals surface area contributed by atoms with Gasteiger partial charge in [-0.3, -0.25) is 9.69 Å². The van der Waals surface area contributed by atoms with Crippen molar-refractivity contribution in [3.8, 4) is 11.5 Å². The summed E-state index contributed by atoms with van der Waals surface area (Å²) < 4.78 is 11.8. The van der Waals surface area contributed by atoms with Gasteiger partial charge in [-0.25, -0.2) is 0 Å². The molecule has 1 heterocycles. The number of nitrogens with one attached hydrogen (secondary N) is 1. The molecule has 5 heteroatoms. The fourth-order valence-electron chi connectivity index (χ4n) is 2.82. The number of likely N-dealkylation sites (N-methyl/N-ethyl adjacent to an activating group) is 1. The maximum absolute atomic E-state index is 12.1. The number of amides is 1. The van der Waals surface area contributed by atoms with Gasteiger partial charge in [-0.05, 0) is 30.8 Å². The van der Waals surface area contributed by atoms with E-state index in [1.54, 1.807) is 0 Å². The van der Waals surface area contributed by atoms with Crippen LogP contribution in [0.5, 0.6) is 11.5 Å². The molecule has 0 spiro atoms. The second-order valence-corrected chi connectivity index (χ2v) is 6.06. The highest BCUT2D eigenvalue weighted by molar-refractivity contribution is 5.90. The van der Waals surface area contributed by atoms with Crippen LogP contribution in [0.2, 0.25) is 0 Å². The molecule has 0 aromatic heterocycles. The summed E-state index contributed by atoms with van der Waals surface area (Å²) in [5.74, 6) is 1.61. The Labute approximate surface area is 148 Å². The van der Waals surface area contributed by atoms with E-state index < -0.39 is 0 Å². The third-order valence-electron chi connectivity index (χ3n) is 4.19. The quantitative estimate of drug-likeness (QED) is 0.841. The summed E-state index contributed by atoms with van der Waals surface area (Å²) in [5.41, 5.74) is 0.830. The second kappa shape index (κ2) is 8.53. The number of fused-ring (bicyclic) bond motifs is 1. The van der Waals surface area contributed by atoms with E-state index in [1.807, 2.05) is 54.6 Å². The van der Waals surface area contributed by atoms with Gasteiger partial charge in [-0.1, -0.05) is 37.3 Å². The fraction of sp³-hybridized carbons (Fsp3) is 0.350. The van der Waals surface area contributed by atoms with E-state index in [0.717, 1.165) is 30.3 Å². The van der Waals surface area contributed by atoms with Crippen molar-refractivity contribution >= 4 is 11.6 Å². The van der Waals surface area contributed by atoms with Gasteiger partial charge in [0, 0.05) is 25.2 Å². The van der Waals surface area contributed by atoms with Gasteiger partial charge in [0.2, 0.25) is 5.91 Å². The Hall–Kier alpha value is -2.53. The molecule has 3 rings (SSSR count). The third kappa shape index (κ3) is 4.97. The van der Waals surface area contributed by atoms with Gasteiger partial charge in [-0.2, -0.15) is 0 Å². The maximum Gasteiger partial charge on any atom is 0.225 e. The number of hydrogen-bond acceptors (Lipinski definition) is 4. The van der Waals surface area contributed by atoms with Gasteiger partial charge in [-0.15, -0.1) is 0 Å². The summed E-state index contributed by atoms with van der Waals surface area (Å²) in [5, 5.41) is 2.92. The van der Waals surface area contributed by atoms with Crippen LogP contribution in [0.4, 0.5) is 5.69 Å². The van der Waals surface area contributed by atoms with Crippen molar-refractivity contribution in [1.29, 1.82) is 0 Å². The van der Waals surface area contributed by atoms with E-state index in [1.165, 1.54) is 0 Å². The molecule has 1 amide bonds. The maximum atomic E-state index is 12.1. The number of hydrogen-bond donors (Lipinski definition) is 1. The molecule has 2 aromatic carbocycles. The van der Waals surface area contributed by atoms with Crippen molar-refractivity contribution in [2.75, 3.05) is 31.6 Å². The average molecular weight is 340 g/mol. The van der Waals surface area contributed by atoms with Crippen LogP contribution in [0, 0.1) is 0 Å². The topological polar surface area (TPSA) is 50.8 Å². The number of carbonyl (C=O) groups excluding carboxylic acids is 1. The minimum Gasteiger partial charge on any atom is -0.486 e. The number of rotatable bonds is 7. The third-order valence-corrected chi connectivity index (χ3v) is 4.19. The summed E-state index contributed by atoms with van der Waals surface area (Å²) >= 11 is 0. The molecule has 0 fully saturated rings. The molecule has 1 N–H and O–H groups in total. The molecule has 25 heavy (non-hydrogen) atoms. The van der Waals surface area contributed by atoms with Gasteiger partial charge in [0.15, 0.2) is 11.5 Å². The monoisotopic (exact) mass is 340 g/mol. The minimum atomic E-state index is -0.0213. The van der Waals surface area contributed by atoms with Gasteiger partial charge in [0.1, 0.15) is 12.7 Å². The Morgan fingerprint density at radius 2 is 1.84 bits per heavy atom.